The van der Waals surface area contributed by atoms with Gasteiger partial charge in [0.25, 0.3) is 0 Å². The average molecular weight is 368 g/mol. The van der Waals surface area contributed by atoms with Gasteiger partial charge in [0.1, 0.15) is 11.5 Å². The van der Waals surface area contributed by atoms with Crippen LogP contribution in [-0.4, -0.2) is 31.6 Å². The van der Waals surface area contributed by atoms with E-state index in [1.807, 2.05) is 56.3 Å². The number of para-hydroxylation sites is 4. The van der Waals surface area contributed by atoms with Crippen LogP contribution in [0.15, 0.2) is 48.5 Å². The first-order valence-electron chi connectivity index (χ1n) is 9.18. The highest BCUT2D eigenvalue weighted by atomic mass is 16.5. The van der Waals surface area contributed by atoms with Crippen LogP contribution >= 0.6 is 0 Å². The molecule has 27 heavy (non-hydrogen) atoms. The molecule has 3 rings (SSSR count). The lowest BCUT2D eigenvalue weighted by Crippen LogP contribution is -2.28. The molecule has 2 aromatic carbocycles. The molecule has 0 aliphatic carbocycles. The van der Waals surface area contributed by atoms with E-state index in [0.717, 1.165) is 0 Å². The number of amides is 2. The molecule has 0 spiro atoms. The molecule has 1 unspecified atom stereocenters. The zero-order valence-corrected chi connectivity index (χ0v) is 15.6. The highest BCUT2D eigenvalue weighted by molar-refractivity contribution is 6.04. The van der Waals surface area contributed by atoms with E-state index in [9.17, 15) is 9.59 Å². The van der Waals surface area contributed by atoms with E-state index in [0.29, 0.717) is 42.6 Å². The third kappa shape index (κ3) is 4.22. The molecule has 142 valence electrons. The van der Waals surface area contributed by atoms with Gasteiger partial charge >= 0.3 is 0 Å². The summed E-state index contributed by atoms with van der Waals surface area (Å²) in [6.45, 7) is 5.14. The summed E-state index contributed by atoms with van der Waals surface area (Å²) in [4.78, 5) is 26.9. The predicted octanol–water partition coefficient (Wildman–Crippen LogP) is 3.48. The zero-order valence-electron chi connectivity index (χ0n) is 15.6. The molecule has 0 aromatic heterocycles. The molecule has 1 saturated heterocycles. The normalized spacial score (nSPS) is 16.3. The predicted molar refractivity (Wildman–Crippen MR) is 104 cm³/mol. The molecule has 0 bridgehead atoms. The highest BCUT2D eigenvalue weighted by Crippen LogP contribution is 2.34. The summed E-state index contributed by atoms with van der Waals surface area (Å²) >= 11 is 0. The van der Waals surface area contributed by atoms with E-state index in [1.165, 1.54) is 0 Å². The van der Waals surface area contributed by atoms with Gasteiger partial charge in [-0.15, -0.1) is 0 Å². The second-order valence-electron chi connectivity index (χ2n) is 6.22. The Bertz CT molecular complexity index is 821. The molecular formula is C21H24N2O4. The maximum Gasteiger partial charge on any atom is 0.229 e. The van der Waals surface area contributed by atoms with E-state index in [-0.39, 0.29) is 18.2 Å². The third-order valence-electron chi connectivity index (χ3n) is 4.40. The Morgan fingerprint density at radius 2 is 1.67 bits per heavy atom. The molecule has 0 radical (unpaired) electrons. The lowest BCUT2D eigenvalue weighted by atomic mass is 10.1. The fraction of sp³-hybridized carbons (Fsp3) is 0.333. The zero-order chi connectivity index (χ0) is 19.2. The number of ether oxygens (including phenoxy) is 2. The van der Waals surface area contributed by atoms with Crippen molar-refractivity contribution in [2.24, 2.45) is 5.92 Å². The fourth-order valence-electron chi connectivity index (χ4n) is 3.16. The molecule has 2 aromatic rings. The summed E-state index contributed by atoms with van der Waals surface area (Å²) in [5, 5.41) is 2.90. The van der Waals surface area contributed by atoms with E-state index in [2.05, 4.69) is 5.32 Å². The maximum atomic E-state index is 12.7. The van der Waals surface area contributed by atoms with Crippen LogP contribution in [0.2, 0.25) is 0 Å². The molecule has 6 heteroatoms. The van der Waals surface area contributed by atoms with Gasteiger partial charge in [0.2, 0.25) is 11.8 Å². The van der Waals surface area contributed by atoms with Gasteiger partial charge in [0, 0.05) is 13.0 Å². The van der Waals surface area contributed by atoms with Crippen molar-refractivity contribution < 1.29 is 19.1 Å². The number of anilines is 2. The fourth-order valence-corrected chi connectivity index (χ4v) is 3.16. The summed E-state index contributed by atoms with van der Waals surface area (Å²) in [5.41, 5.74) is 1.32. The lowest BCUT2D eigenvalue weighted by molar-refractivity contribution is -0.122. The Morgan fingerprint density at radius 3 is 2.41 bits per heavy atom. The Morgan fingerprint density at radius 1 is 1.04 bits per heavy atom. The third-order valence-corrected chi connectivity index (χ3v) is 4.40. The van der Waals surface area contributed by atoms with Crippen molar-refractivity contribution in [3.05, 3.63) is 48.5 Å². The second kappa shape index (κ2) is 8.58. The lowest BCUT2D eigenvalue weighted by Gasteiger charge is -2.20. The van der Waals surface area contributed by atoms with Gasteiger partial charge in [-0.05, 0) is 38.1 Å². The van der Waals surface area contributed by atoms with Crippen LogP contribution in [0.3, 0.4) is 0 Å². The van der Waals surface area contributed by atoms with Crippen LogP contribution < -0.4 is 19.7 Å². The Hall–Kier alpha value is -3.02. The van der Waals surface area contributed by atoms with Crippen molar-refractivity contribution in [1.29, 1.82) is 0 Å². The molecule has 6 nitrogen and oxygen atoms in total. The Labute approximate surface area is 159 Å². The van der Waals surface area contributed by atoms with Gasteiger partial charge in [0.15, 0.2) is 0 Å². The number of rotatable bonds is 7. The van der Waals surface area contributed by atoms with Gasteiger partial charge < -0.3 is 19.7 Å². The summed E-state index contributed by atoms with van der Waals surface area (Å²) in [7, 11) is 0. The number of carbonyl (C=O) groups excluding carboxylic acids is 2. The van der Waals surface area contributed by atoms with E-state index in [1.54, 1.807) is 11.0 Å². The van der Waals surface area contributed by atoms with Crippen molar-refractivity contribution in [2.75, 3.05) is 30.0 Å². The van der Waals surface area contributed by atoms with Gasteiger partial charge in [-0.2, -0.15) is 0 Å². The number of nitrogens with zero attached hydrogens (tertiary/aromatic N) is 1. The quantitative estimate of drug-likeness (QED) is 0.812. The summed E-state index contributed by atoms with van der Waals surface area (Å²) < 4.78 is 11.2. The van der Waals surface area contributed by atoms with Crippen molar-refractivity contribution >= 4 is 23.2 Å². The SMILES string of the molecule is CCOc1ccccc1NC(=O)C1CC(=O)N(c2ccccc2OCC)C1. The number of hydrogen-bond donors (Lipinski definition) is 1. The van der Waals surface area contributed by atoms with Crippen LogP contribution in [0.5, 0.6) is 11.5 Å². The van der Waals surface area contributed by atoms with Gasteiger partial charge in [0.05, 0.1) is 30.5 Å². The van der Waals surface area contributed by atoms with E-state index in [4.69, 9.17) is 9.47 Å². The van der Waals surface area contributed by atoms with Crippen LogP contribution in [0.4, 0.5) is 11.4 Å². The molecule has 1 N–H and O–H groups in total. The van der Waals surface area contributed by atoms with E-state index < -0.39 is 5.92 Å². The summed E-state index contributed by atoms with van der Waals surface area (Å²) in [5.74, 6) is 0.571. The highest BCUT2D eigenvalue weighted by Gasteiger charge is 2.36. The molecule has 1 heterocycles. The number of nitrogens with one attached hydrogen (secondary N) is 1. The molecule has 1 atom stereocenters. The van der Waals surface area contributed by atoms with Gasteiger partial charge in [-0.25, -0.2) is 0 Å². The smallest absolute Gasteiger partial charge is 0.229 e. The summed E-state index contributed by atoms with van der Waals surface area (Å²) in [6, 6.07) is 14.7. The first-order chi connectivity index (χ1) is 13.1. The minimum atomic E-state index is -0.429. The number of hydrogen-bond acceptors (Lipinski definition) is 4. The van der Waals surface area contributed by atoms with Crippen LogP contribution in [0, 0.1) is 5.92 Å². The van der Waals surface area contributed by atoms with Crippen molar-refractivity contribution in [3.8, 4) is 11.5 Å². The van der Waals surface area contributed by atoms with Crippen molar-refractivity contribution in [3.63, 3.8) is 0 Å². The maximum absolute atomic E-state index is 12.7. The number of carbonyl (C=O) groups is 2. The minimum absolute atomic E-state index is 0.0830. The molecule has 1 aliphatic heterocycles. The van der Waals surface area contributed by atoms with Crippen molar-refractivity contribution in [2.45, 2.75) is 20.3 Å². The monoisotopic (exact) mass is 368 g/mol. The molecule has 1 aliphatic rings. The Balaban J connectivity index is 1.73. The van der Waals surface area contributed by atoms with Crippen LogP contribution in [-0.2, 0) is 9.59 Å². The molecule has 1 fully saturated rings. The number of benzene rings is 2. The van der Waals surface area contributed by atoms with Gasteiger partial charge in [-0.3, -0.25) is 9.59 Å². The van der Waals surface area contributed by atoms with E-state index >= 15 is 0 Å². The first-order valence-corrected chi connectivity index (χ1v) is 9.18. The van der Waals surface area contributed by atoms with Crippen LogP contribution in [0.25, 0.3) is 0 Å². The van der Waals surface area contributed by atoms with Crippen LogP contribution in [0.1, 0.15) is 20.3 Å². The molecule has 0 saturated carbocycles. The molecule has 2 amide bonds. The summed E-state index contributed by atoms with van der Waals surface area (Å²) in [6.07, 6.45) is 0.170. The Kier molecular flexibility index (Phi) is 5.96. The topological polar surface area (TPSA) is 67.9 Å². The molecular weight excluding hydrogens is 344 g/mol. The largest absolute Gasteiger partial charge is 0.492 e. The standard InChI is InChI=1S/C21H24N2O4/c1-3-26-18-11-7-5-9-16(18)22-21(25)15-13-20(24)23(14-15)17-10-6-8-12-19(17)27-4-2/h5-12,15H,3-4,13-14H2,1-2H3,(H,22,25). The minimum Gasteiger partial charge on any atom is -0.492 e. The average Bonchev–Trinajstić information content (AvgIpc) is 3.06. The van der Waals surface area contributed by atoms with Crippen molar-refractivity contribution in [1.82, 2.24) is 0 Å². The second-order valence-corrected chi connectivity index (χ2v) is 6.22. The van der Waals surface area contributed by atoms with Gasteiger partial charge in [-0.1, -0.05) is 24.3 Å². The first kappa shape index (κ1) is 18.8.